The predicted octanol–water partition coefficient (Wildman–Crippen LogP) is 3.95. The summed E-state index contributed by atoms with van der Waals surface area (Å²) in [6, 6.07) is 24.9. The van der Waals surface area contributed by atoms with Gasteiger partial charge < -0.3 is 15.5 Å². The van der Waals surface area contributed by atoms with Crippen LogP contribution in [0, 0.1) is 18.3 Å². The maximum atomic E-state index is 12.9. The lowest BCUT2D eigenvalue weighted by Crippen LogP contribution is -2.36. The lowest BCUT2D eigenvalue weighted by molar-refractivity contribution is -0.117. The van der Waals surface area contributed by atoms with Crippen LogP contribution in [0.4, 0.5) is 11.4 Å². The highest BCUT2D eigenvalue weighted by Crippen LogP contribution is 2.18. The van der Waals surface area contributed by atoms with Crippen LogP contribution in [0.5, 0.6) is 0 Å². The average molecular weight is 482 g/mol. The summed E-state index contributed by atoms with van der Waals surface area (Å²) in [7, 11) is 0. The molecule has 1 aliphatic heterocycles. The van der Waals surface area contributed by atoms with Crippen LogP contribution in [0.2, 0.25) is 0 Å². The molecule has 0 aliphatic carbocycles. The normalized spacial score (nSPS) is 13.9. The van der Waals surface area contributed by atoms with Gasteiger partial charge in [0.05, 0.1) is 29.4 Å². The van der Waals surface area contributed by atoms with E-state index in [9.17, 15) is 9.59 Å². The number of carbonyl (C=O) groups is 2. The summed E-state index contributed by atoms with van der Waals surface area (Å²) in [6.07, 6.45) is 0.936. The second-order valence-corrected chi connectivity index (χ2v) is 9.04. The van der Waals surface area contributed by atoms with E-state index in [4.69, 9.17) is 5.26 Å². The minimum atomic E-state index is -0.223. The first-order chi connectivity index (χ1) is 17.5. The molecule has 0 radical (unpaired) electrons. The number of carbonyl (C=O) groups excluding carboxylic acids is 2. The van der Waals surface area contributed by atoms with Crippen molar-refractivity contribution in [3.05, 3.63) is 95.1 Å². The summed E-state index contributed by atoms with van der Waals surface area (Å²) in [4.78, 5) is 30.1. The second-order valence-electron chi connectivity index (χ2n) is 9.04. The number of hydrogen-bond acceptors (Lipinski definition) is 5. The molecule has 4 rings (SSSR count). The van der Waals surface area contributed by atoms with Crippen LogP contribution < -0.4 is 15.5 Å². The van der Waals surface area contributed by atoms with Crippen molar-refractivity contribution in [3.8, 4) is 6.07 Å². The summed E-state index contributed by atoms with van der Waals surface area (Å²) in [5.74, 6) is -0.361. The monoisotopic (exact) mass is 481 g/mol. The van der Waals surface area contributed by atoms with Gasteiger partial charge in [-0.25, -0.2) is 0 Å². The molecule has 7 nitrogen and oxygen atoms in total. The number of rotatable bonds is 7. The summed E-state index contributed by atoms with van der Waals surface area (Å²) in [5, 5.41) is 14.9. The van der Waals surface area contributed by atoms with Crippen molar-refractivity contribution in [2.45, 2.75) is 19.9 Å². The number of nitrogens with one attached hydrogen (secondary N) is 2. The molecule has 3 aromatic rings. The Morgan fingerprint density at radius 3 is 2.42 bits per heavy atom. The lowest BCUT2D eigenvalue weighted by atomic mass is 10.1. The highest BCUT2D eigenvalue weighted by Gasteiger charge is 2.19. The molecule has 3 aromatic carbocycles. The number of para-hydroxylation sites is 1. The molecule has 1 heterocycles. The van der Waals surface area contributed by atoms with Gasteiger partial charge in [0.1, 0.15) is 0 Å². The van der Waals surface area contributed by atoms with E-state index in [1.165, 1.54) is 5.56 Å². The van der Waals surface area contributed by atoms with Crippen molar-refractivity contribution in [2.24, 2.45) is 0 Å². The second kappa shape index (κ2) is 12.0. The topological polar surface area (TPSA) is 88.5 Å². The number of nitriles is 1. The van der Waals surface area contributed by atoms with Gasteiger partial charge >= 0.3 is 0 Å². The fraction of sp³-hybridized carbons (Fsp3) is 0.276. The Kier molecular flexibility index (Phi) is 8.32. The molecule has 7 heteroatoms. The summed E-state index contributed by atoms with van der Waals surface area (Å²) < 4.78 is 0. The van der Waals surface area contributed by atoms with Crippen molar-refractivity contribution in [3.63, 3.8) is 0 Å². The summed E-state index contributed by atoms with van der Waals surface area (Å²) in [6.45, 7) is 5.99. The molecule has 2 amide bonds. The van der Waals surface area contributed by atoms with Gasteiger partial charge in [0, 0.05) is 38.4 Å². The fourth-order valence-corrected chi connectivity index (χ4v) is 4.30. The van der Waals surface area contributed by atoms with Crippen LogP contribution in [-0.2, 0) is 11.3 Å². The first kappa shape index (κ1) is 25.0. The lowest BCUT2D eigenvalue weighted by Gasteiger charge is -2.23. The Morgan fingerprint density at radius 2 is 1.67 bits per heavy atom. The molecule has 0 aromatic heterocycles. The minimum absolute atomic E-state index is 0.138. The van der Waals surface area contributed by atoms with E-state index in [0.717, 1.165) is 43.9 Å². The molecular weight excluding hydrogens is 450 g/mol. The first-order valence-electron chi connectivity index (χ1n) is 12.2. The largest absolute Gasteiger partial charge is 0.370 e. The molecule has 36 heavy (non-hydrogen) atoms. The van der Waals surface area contributed by atoms with Crippen molar-refractivity contribution < 1.29 is 9.59 Å². The third-order valence-corrected chi connectivity index (χ3v) is 6.34. The summed E-state index contributed by atoms with van der Waals surface area (Å²) >= 11 is 0. The van der Waals surface area contributed by atoms with E-state index in [0.29, 0.717) is 23.4 Å². The van der Waals surface area contributed by atoms with Gasteiger partial charge in [-0.1, -0.05) is 42.0 Å². The van der Waals surface area contributed by atoms with E-state index < -0.39 is 0 Å². The number of nitrogens with zero attached hydrogens (tertiary/aromatic N) is 3. The zero-order valence-corrected chi connectivity index (χ0v) is 20.5. The Hall–Kier alpha value is -4.15. The van der Waals surface area contributed by atoms with E-state index in [-0.39, 0.29) is 18.4 Å². The fourth-order valence-electron chi connectivity index (χ4n) is 4.30. The van der Waals surface area contributed by atoms with Gasteiger partial charge in [-0.2, -0.15) is 5.26 Å². The molecule has 1 saturated heterocycles. The summed E-state index contributed by atoms with van der Waals surface area (Å²) in [5.41, 5.74) is 4.89. The Morgan fingerprint density at radius 1 is 0.917 bits per heavy atom. The maximum absolute atomic E-state index is 12.9. The SMILES string of the molecule is Cc1ccc(CNC(=O)c2ccccc2NC(=O)CN2CCCN(c3ccc(C#N)cc3)CC2)cc1. The Labute approximate surface area is 212 Å². The number of amides is 2. The third-order valence-electron chi connectivity index (χ3n) is 6.34. The Balaban J connectivity index is 1.31. The quantitative estimate of drug-likeness (QED) is 0.534. The van der Waals surface area contributed by atoms with Gasteiger partial charge in [-0.3, -0.25) is 14.5 Å². The molecule has 0 saturated carbocycles. The zero-order chi connectivity index (χ0) is 25.3. The molecule has 184 valence electrons. The van der Waals surface area contributed by atoms with Crippen molar-refractivity contribution in [1.29, 1.82) is 5.26 Å². The molecule has 0 bridgehead atoms. The molecule has 1 aliphatic rings. The van der Waals surface area contributed by atoms with Gasteiger partial charge in [0.25, 0.3) is 5.91 Å². The van der Waals surface area contributed by atoms with E-state index in [1.54, 1.807) is 18.2 Å². The van der Waals surface area contributed by atoms with Crippen LogP contribution in [0.1, 0.15) is 33.5 Å². The number of hydrogen-bond donors (Lipinski definition) is 2. The third kappa shape index (κ3) is 6.71. The van der Waals surface area contributed by atoms with Gasteiger partial charge in [-0.15, -0.1) is 0 Å². The molecular formula is C29H31N5O2. The highest BCUT2D eigenvalue weighted by atomic mass is 16.2. The average Bonchev–Trinajstić information content (AvgIpc) is 3.14. The first-order valence-corrected chi connectivity index (χ1v) is 12.2. The van der Waals surface area contributed by atoms with Crippen molar-refractivity contribution in [1.82, 2.24) is 10.2 Å². The Bertz CT molecular complexity index is 1230. The van der Waals surface area contributed by atoms with Crippen LogP contribution in [0.3, 0.4) is 0 Å². The van der Waals surface area contributed by atoms with Crippen LogP contribution in [-0.4, -0.2) is 49.4 Å². The number of benzene rings is 3. The number of aryl methyl sites for hydroxylation is 1. The van der Waals surface area contributed by atoms with Crippen LogP contribution in [0.25, 0.3) is 0 Å². The van der Waals surface area contributed by atoms with Gasteiger partial charge in [0.15, 0.2) is 0 Å². The van der Waals surface area contributed by atoms with Crippen molar-refractivity contribution >= 4 is 23.2 Å². The standard InChI is InChI=1S/C29H31N5O2/c1-22-7-9-24(10-8-22)20-31-29(36)26-5-2-3-6-27(26)32-28(35)21-33-15-4-16-34(18-17-33)25-13-11-23(19-30)12-14-25/h2-3,5-14H,4,15-18,20-21H2,1H3,(H,31,36)(H,32,35). The smallest absolute Gasteiger partial charge is 0.253 e. The minimum Gasteiger partial charge on any atom is -0.370 e. The number of anilines is 2. The molecule has 2 N–H and O–H groups in total. The highest BCUT2D eigenvalue weighted by molar-refractivity contribution is 6.04. The maximum Gasteiger partial charge on any atom is 0.253 e. The van der Waals surface area contributed by atoms with E-state index in [1.807, 2.05) is 61.5 Å². The molecule has 0 atom stereocenters. The van der Waals surface area contributed by atoms with Gasteiger partial charge in [0.2, 0.25) is 5.91 Å². The van der Waals surface area contributed by atoms with Crippen LogP contribution >= 0.6 is 0 Å². The van der Waals surface area contributed by atoms with E-state index >= 15 is 0 Å². The predicted molar refractivity (Wildman–Crippen MR) is 142 cm³/mol. The van der Waals surface area contributed by atoms with Crippen molar-refractivity contribution in [2.75, 3.05) is 42.9 Å². The van der Waals surface area contributed by atoms with E-state index in [2.05, 4.69) is 26.5 Å². The van der Waals surface area contributed by atoms with Gasteiger partial charge in [-0.05, 0) is 55.3 Å². The molecule has 1 fully saturated rings. The zero-order valence-electron chi connectivity index (χ0n) is 20.5. The van der Waals surface area contributed by atoms with Crippen LogP contribution in [0.15, 0.2) is 72.8 Å². The molecule has 0 unspecified atom stereocenters. The molecule has 0 spiro atoms.